The summed E-state index contributed by atoms with van der Waals surface area (Å²) in [5, 5.41) is 14.3. The number of carbonyl (C=O) groups is 1. The van der Waals surface area contributed by atoms with Gasteiger partial charge in [-0.2, -0.15) is 0 Å². The first-order valence-electron chi connectivity index (χ1n) is 11.8. The SMILES string of the molecule is COc1cc2nc(SCc3ccccc3)n(CCNC(=O)c3cc4ccccc4[nH]3)c(=N)c2cc1OC. The maximum atomic E-state index is 12.8. The number of fused-ring (bicyclic) bond motifs is 2. The van der Waals surface area contributed by atoms with Crippen LogP contribution in [0.25, 0.3) is 21.8 Å². The molecule has 0 unspecified atom stereocenters. The van der Waals surface area contributed by atoms with Gasteiger partial charge >= 0.3 is 0 Å². The Morgan fingerprint density at radius 2 is 1.76 bits per heavy atom. The molecule has 0 atom stereocenters. The Bertz CT molecular complexity index is 1600. The average Bonchev–Trinajstić information content (AvgIpc) is 3.37. The largest absolute Gasteiger partial charge is 0.493 e. The predicted molar refractivity (Wildman–Crippen MR) is 145 cm³/mol. The number of aromatic amines is 1. The van der Waals surface area contributed by atoms with Gasteiger partial charge in [-0.1, -0.05) is 60.3 Å². The minimum Gasteiger partial charge on any atom is -0.493 e. The van der Waals surface area contributed by atoms with Crippen molar-refractivity contribution >= 4 is 39.5 Å². The second-order valence-corrected chi connectivity index (χ2v) is 9.36. The summed E-state index contributed by atoms with van der Waals surface area (Å²) < 4.78 is 12.7. The van der Waals surface area contributed by atoms with Crippen LogP contribution in [-0.4, -0.2) is 41.2 Å². The zero-order chi connectivity index (χ0) is 25.8. The third-order valence-electron chi connectivity index (χ3n) is 6.08. The number of benzene rings is 3. The van der Waals surface area contributed by atoms with Gasteiger partial charge in [0, 0.05) is 41.2 Å². The van der Waals surface area contributed by atoms with Crippen LogP contribution in [0.3, 0.4) is 0 Å². The molecule has 1 amide bonds. The first-order chi connectivity index (χ1) is 18.1. The van der Waals surface area contributed by atoms with Crippen molar-refractivity contribution in [2.24, 2.45) is 0 Å². The number of rotatable bonds is 9. The van der Waals surface area contributed by atoms with E-state index in [1.165, 1.54) is 0 Å². The molecule has 0 radical (unpaired) electrons. The van der Waals surface area contributed by atoms with Crippen LogP contribution in [0.4, 0.5) is 0 Å². The first-order valence-corrected chi connectivity index (χ1v) is 12.8. The van der Waals surface area contributed by atoms with E-state index in [9.17, 15) is 4.79 Å². The van der Waals surface area contributed by atoms with E-state index in [0.717, 1.165) is 16.5 Å². The predicted octanol–water partition coefficient (Wildman–Crippen LogP) is 4.74. The van der Waals surface area contributed by atoms with Crippen LogP contribution in [0.15, 0.2) is 78.0 Å². The van der Waals surface area contributed by atoms with Gasteiger partial charge in [0.25, 0.3) is 5.91 Å². The summed E-state index contributed by atoms with van der Waals surface area (Å²) in [7, 11) is 3.15. The molecular weight excluding hydrogens is 486 g/mol. The van der Waals surface area contributed by atoms with Gasteiger partial charge in [-0.25, -0.2) is 4.98 Å². The minimum absolute atomic E-state index is 0.193. The standard InChI is InChI=1S/C28H27N5O3S/c1-35-24-15-20-22(16-25(24)36-2)32-28(37-17-18-8-4-3-5-9-18)33(26(20)29)13-12-30-27(34)23-14-19-10-6-7-11-21(19)31-23/h3-11,14-16,29,31H,12-13,17H2,1-2H3,(H,30,34). The van der Waals surface area contributed by atoms with E-state index in [2.05, 4.69) is 22.4 Å². The van der Waals surface area contributed by atoms with Crippen LogP contribution in [0, 0.1) is 5.41 Å². The number of amides is 1. The lowest BCUT2D eigenvalue weighted by Crippen LogP contribution is -2.32. The van der Waals surface area contributed by atoms with E-state index in [4.69, 9.17) is 19.9 Å². The van der Waals surface area contributed by atoms with Crippen molar-refractivity contribution in [3.05, 3.63) is 89.5 Å². The van der Waals surface area contributed by atoms with Crippen molar-refractivity contribution in [1.82, 2.24) is 19.9 Å². The van der Waals surface area contributed by atoms with Crippen molar-refractivity contribution in [2.45, 2.75) is 17.5 Å². The Hall–Kier alpha value is -4.24. The van der Waals surface area contributed by atoms with Gasteiger partial charge in [0.2, 0.25) is 0 Å². The van der Waals surface area contributed by atoms with Crippen molar-refractivity contribution in [3.8, 4) is 11.5 Å². The van der Waals surface area contributed by atoms with E-state index in [1.807, 2.05) is 53.1 Å². The molecule has 5 rings (SSSR count). The Balaban J connectivity index is 1.43. The number of nitrogens with zero attached hydrogens (tertiary/aromatic N) is 2. The maximum absolute atomic E-state index is 12.8. The highest BCUT2D eigenvalue weighted by Gasteiger charge is 2.15. The zero-order valence-electron chi connectivity index (χ0n) is 20.6. The molecule has 0 bridgehead atoms. The topological polar surface area (TPSA) is 105 Å². The molecule has 188 valence electrons. The zero-order valence-corrected chi connectivity index (χ0v) is 21.4. The fourth-order valence-electron chi connectivity index (χ4n) is 4.17. The number of methoxy groups -OCH3 is 2. The quantitative estimate of drug-likeness (QED) is 0.195. The molecule has 9 heteroatoms. The molecule has 8 nitrogen and oxygen atoms in total. The van der Waals surface area contributed by atoms with Gasteiger partial charge in [-0.3, -0.25) is 10.2 Å². The van der Waals surface area contributed by atoms with Crippen molar-refractivity contribution in [3.63, 3.8) is 0 Å². The van der Waals surface area contributed by atoms with E-state index in [1.54, 1.807) is 38.1 Å². The van der Waals surface area contributed by atoms with Crippen LogP contribution in [0.1, 0.15) is 16.1 Å². The molecule has 0 fully saturated rings. The van der Waals surface area contributed by atoms with Gasteiger partial charge in [-0.15, -0.1) is 0 Å². The lowest BCUT2D eigenvalue weighted by atomic mass is 10.2. The lowest BCUT2D eigenvalue weighted by molar-refractivity contribution is 0.0947. The van der Waals surface area contributed by atoms with E-state index in [0.29, 0.717) is 57.6 Å². The molecule has 0 aliphatic heterocycles. The number of nitrogens with one attached hydrogen (secondary N) is 3. The molecule has 0 aliphatic rings. The van der Waals surface area contributed by atoms with Crippen LogP contribution >= 0.6 is 11.8 Å². The molecule has 0 saturated heterocycles. The van der Waals surface area contributed by atoms with Crippen LogP contribution < -0.4 is 20.3 Å². The van der Waals surface area contributed by atoms with Crippen LogP contribution in [0.2, 0.25) is 0 Å². The molecule has 3 N–H and O–H groups in total. The fraction of sp³-hybridized carbons (Fsp3) is 0.179. The molecule has 3 aromatic carbocycles. The second kappa shape index (κ2) is 10.8. The molecular formula is C28H27N5O3S. The Labute approximate surface area is 218 Å². The number of ether oxygens (including phenoxy) is 2. The number of para-hydroxylation sites is 1. The first kappa shape index (κ1) is 24.5. The van der Waals surface area contributed by atoms with Gasteiger partial charge in [0.15, 0.2) is 16.7 Å². The van der Waals surface area contributed by atoms with Gasteiger partial charge in [0.1, 0.15) is 11.2 Å². The van der Waals surface area contributed by atoms with Crippen molar-refractivity contribution in [2.75, 3.05) is 20.8 Å². The molecule has 2 aromatic heterocycles. The molecule has 0 aliphatic carbocycles. The van der Waals surface area contributed by atoms with Crippen molar-refractivity contribution in [1.29, 1.82) is 5.41 Å². The number of hydrogen-bond donors (Lipinski definition) is 3. The lowest BCUT2D eigenvalue weighted by Gasteiger charge is -2.16. The highest BCUT2D eigenvalue weighted by Crippen LogP contribution is 2.31. The van der Waals surface area contributed by atoms with E-state index >= 15 is 0 Å². The number of H-pyrrole nitrogens is 1. The van der Waals surface area contributed by atoms with Crippen LogP contribution in [-0.2, 0) is 12.3 Å². The third kappa shape index (κ3) is 5.17. The van der Waals surface area contributed by atoms with Gasteiger partial charge in [-0.05, 0) is 23.8 Å². The molecule has 0 saturated carbocycles. The monoisotopic (exact) mass is 513 g/mol. The molecule has 5 aromatic rings. The van der Waals surface area contributed by atoms with Gasteiger partial charge < -0.3 is 24.3 Å². The van der Waals surface area contributed by atoms with Crippen LogP contribution in [0.5, 0.6) is 11.5 Å². The Morgan fingerprint density at radius 1 is 1.03 bits per heavy atom. The minimum atomic E-state index is -0.193. The number of thioether (sulfide) groups is 1. The summed E-state index contributed by atoms with van der Waals surface area (Å²) in [6, 6.07) is 23.3. The summed E-state index contributed by atoms with van der Waals surface area (Å²) in [5.74, 6) is 1.60. The smallest absolute Gasteiger partial charge is 0.267 e. The number of carbonyl (C=O) groups excluding carboxylic acids is 1. The Kier molecular flexibility index (Phi) is 7.14. The molecule has 2 heterocycles. The number of hydrogen-bond acceptors (Lipinski definition) is 6. The van der Waals surface area contributed by atoms with Crippen molar-refractivity contribution < 1.29 is 14.3 Å². The second-order valence-electron chi connectivity index (χ2n) is 8.42. The molecule has 0 spiro atoms. The van der Waals surface area contributed by atoms with E-state index < -0.39 is 0 Å². The number of aromatic nitrogens is 3. The maximum Gasteiger partial charge on any atom is 0.267 e. The summed E-state index contributed by atoms with van der Waals surface area (Å²) in [6.07, 6.45) is 0. The summed E-state index contributed by atoms with van der Waals surface area (Å²) in [5.41, 5.74) is 3.52. The Morgan fingerprint density at radius 3 is 2.51 bits per heavy atom. The highest BCUT2D eigenvalue weighted by atomic mass is 32.2. The average molecular weight is 514 g/mol. The fourth-order valence-corrected chi connectivity index (χ4v) is 5.16. The summed E-state index contributed by atoms with van der Waals surface area (Å²) in [6.45, 7) is 0.726. The third-order valence-corrected chi connectivity index (χ3v) is 7.13. The summed E-state index contributed by atoms with van der Waals surface area (Å²) >= 11 is 1.55. The van der Waals surface area contributed by atoms with Gasteiger partial charge in [0.05, 0.1) is 19.7 Å². The molecule has 37 heavy (non-hydrogen) atoms. The summed E-state index contributed by atoms with van der Waals surface area (Å²) in [4.78, 5) is 20.8. The highest BCUT2D eigenvalue weighted by molar-refractivity contribution is 7.98. The normalized spacial score (nSPS) is 11.1. The van der Waals surface area contributed by atoms with E-state index in [-0.39, 0.29) is 5.91 Å².